The Balaban J connectivity index is 1.51. The van der Waals surface area contributed by atoms with Crippen LogP contribution < -0.4 is 29.6 Å². The van der Waals surface area contributed by atoms with Crippen LogP contribution in [0.25, 0.3) is 0 Å². The van der Waals surface area contributed by atoms with E-state index >= 15 is 0 Å². The number of aliphatic imine (C=N–C) groups is 1. The number of ether oxygens (including phenoxy) is 4. The Labute approximate surface area is 159 Å². The van der Waals surface area contributed by atoms with Crippen LogP contribution in [0, 0.1) is 0 Å². The standard InChI is InChI=1S/C20H25N3O4/c1-21-20(23-12-14-4-6-18-19(10-14)27-13-26-18)22-9-8-15-11-16(24-2)5-7-17(15)25-3/h4-7,10-11H,8-9,12-13H2,1-3H3,(H2,21,22,23). The molecule has 1 heterocycles. The first-order valence-electron chi connectivity index (χ1n) is 8.77. The van der Waals surface area contributed by atoms with Gasteiger partial charge in [0.2, 0.25) is 6.79 Å². The zero-order valence-corrected chi connectivity index (χ0v) is 15.9. The van der Waals surface area contributed by atoms with Crippen molar-refractivity contribution >= 4 is 5.96 Å². The summed E-state index contributed by atoms with van der Waals surface area (Å²) in [6.07, 6.45) is 0.783. The normalized spacial score (nSPS) is 12.6. The molecule has 0 amide bonds. The van der Waals surface area contributed by atoms with Gasteiger partial charge >= 0.3 is 0 Å². The lowest BCUT2D eigenvalue weighted by molar-refractivity contribution is 0.174. The average molecular weight is 371 g/mol. The van der Waals surface area contributed by atoms with Crippen LogP contribution in [0.5, 0.6) is 23.0 Å². The van der Waals surface area contributed by atoms with Gasteiger partial charge in [-0.25, -0.2) is 0 Å². The molecule has 0 bridgehead atoms. The summed E-state index contributed by atoms with van der Waals surface area (Å²) in [6, 6.07) is 11.7. The van der Waals surface area contributed by atoms with Crippen molar-refractivity contribution in [1.29, 1.82) is 0 Å². The molecule has 7 nitrogen and oxygen atoms in total. The number of nitrogens with zero attached hydrogens (tertiary/aromatic N) is 1. The van der Waals surface area contributed by atoms with Crippen LogP contribution in [0.4, 0.5) is 0 Å². The van der Waals surface area contributed by atoms with Crippen LogP contribution in [0.3, 0.4) is 0 Å². The van der Waals surface area contributed by atoms with Crippen LogP contribution in [0.2, 0.25) is 0 Å². The molecule has 0 aromatic heterocycles. The molecule has 2 N–H and O–H groups in total. The molecule has 0 saturated heterocycles. The largest absolute Gasteiger partial charge is 0.497 e. The Morgan fingerprint density at radius 3 is 2.67 bits per heavy atom. The van der Waals surface area contributed by atoms with E-state index in [9.17, 15) is 0 Å². The van der Waals surface area contributed by atoms with E-state index < -0.39 is 0 Å². The van der Waals surface area contributed by atoms with Gasteiger partial charge in [0.1, 0.15) is 11.5 Å². The minimum Gasteiger partial charge on any atom is -0.497 e. The maximum atomic E-state index is 5.42. The van der Waals surface area contributed by atoms with Gasteiger partial charge in [0.05, 0.1) is 14.2 Å². The number of benzene rings is 2. The molecule has 0 unspecified atom stereocenters. The highest BCUT2D eigenvalue weighted by atomic mass is 16.7. The smallest absolute Gasteiger partial charge is 0.231 e. The van der Waals surface area contributed by atoms with Crippen LogP contribution in [-0.2, 0) is 13.0 Å². The highest BCUT2D eigenvalue weighted by molar-refractivity contribution is 5.79. The third-order valence-corrected chi connectivity index (χ3v) is 4.29. The molecule has 0 saturated carbocycles. The van der Waals surface area contributed by atoms with Crippen molar-refractivity contribution in [1.82, 2.24) is 10.6 Å². The first-order valence-corrected chi connectivity index (χ1v) is 8.77. The zero-order valence-electron chi connectivity index (χ0n) is 15.9. The van der Waals surface area contributed by atoms with E-state index in [-0.39, 0.29) is 6.79 Å². The van der Waals surface area contributed by atoms with E-state index in [1.54, 1.807) is 21.3 Å². The van der Waals surface area contributed by atoms with Crippen molar-refractivity contribution < 1.29 is 18.9 Å². The minimum absolute atomic E-state index is 0.281. The number of hydrogen-bond donors (Lipinski definition) is 2. The molecular formula is C20H25N3O4. The van der Waals surface area contributed by atoms with Crippen molar-refractivity contribution in [3.8, 4) is 23.0 Å². The van der Waals surface area contributed by atoms with Crippen molar-refractivity contribution in [2.75, 3.05) is 34.6 Å². The van der Waals surface area contributed by atoms with Gasteiger partial charge in [0.25, 0.3) is 0 Å². The van der Waals surface area contributed by atoms with Crippen LogP contribution in [0.15, 0.2) is 41.4 Å². The van der Waals surface area contributed by atoms with Gasteiger partial charge in [0.15, 0.2) is 17.5 Å². The van der Waals surface area contributed by atoms with Crippen molar-refractivity contribution in [3.63, 3.8) is 0 Å². The fourth-order valence-electron chi connectivity index (χ4n) is 2.85. The first kappa shape index (κ1) is 18.7. The molecule has 27 heavy (non-hydrogen) atoms. The van der Waals surface area contributed by atoms with E-state index in [0.29, 0.717) is 13.1 Å². The lowest BCUT2D eigenvalue weighted by atomic mass is 10.1. The fourth-order valence-corrected chi connectivity index (χ4v) is 2.85. The summed E-state index contributed by atoms with van der Waals surface area (Å²) < 4.78 is 21.5. The van der Waals surface area contributed by atoms with Crippen molar-refractivity contribution in [2.45, 2.75) is 13.0 Å². The molecule has 0 atom stereocenters. The van der Waals surface area contributed by atoms with Gasteiger partial charge in [-0.15, -0.1) is 0 Å². The molecule has 0 radical (unpaired) electrons. The summed E-state index contributed by atoms with van der Waals surface area (Å²) in [5.41, 5.74) is 2.17. The van der Waals surface area contributed by atoms with Crippen LogP contribution in [-0.4, -0.2) is 40.6 Å². The van der Waals surface area contributed by atoms with E-state index in [0.717, 1.165) is 46.5 Å². The van der Waals surface area contributed by atoms with Gasteiger partial charge < -0.3 is 29.6 Å². The maximum Gasteiger partial charge on any atom is 0.231 e. The highest BCUT2D eigenvalue weighted by Crippen LogP contribution is 2.32. The Kier molecular flexibility index (Phi) is 6.25. The Morgan fingerprint density at radius 2 is 1.89 bits per heavy atom. The Bertz CT molecular complexity index is 808. The summed E-state index contributed by atoms with van der Waals surface area (Å²) in [4.78, 5) is 4.27. The summed E-state index contributed by atoms with van der Waals surface area (Å²) in [7, 11) is 5.08. The second kappa shape index (κ2) is 9.02. The molecule has 1 aliphatic rings. The second-order valence-corrected chi connectivity index (χ2v) is 5.97. The van der Waals surface area contributed by atoms with Gasteiger partial charge in [-0.3, -0.25) is 4.99 Å². The summed E-state index contributed by atoms with van der Waals surface area (Å²) in [6.45, 7) is 1.63. The van der Waals surface area contributed by atoms with Crippen LogP contribution >= 0.6 is 0 Å². The zero-order chi connectivity index (χ0) is 19.1. The number of nitrogens with one attached hydrogen (secondary N) is 2. The number of fused-ring (bicyclic) bond motifs is 1. The summed E-state index contributed by atoms with van der Waals surface area (Å²) in [5, 5.41) is 6.62. The van der Waals surface area contributed by atoms with E-state index in [1.165, 1.54) is 0 Å². The molecule has 0 aliphatic carbocycles. The monoisotopic (exact) mass is 371 g/mol. The van der Waals surface area contributed by atoms with Crippen LogP contribution in [0.1, 0.15) is 11.1 Å². The third-order valence-electron chi connectivity index (χ3n) is 4.29. The lowest BCUT2D eigenvalue weighted by Gasteiger charge is -2.14. The van der Waals surface area contributed by atoms with Crippen molar-refractivity contribution in [2.24, 2.45) is 4.99 Å². The molecular weight excluding hydrogens is 346 g/mol. The number of methoxy groups -OCH3 is 2. The third kappa shape index (κ3) is 4.75. The van der Waals surface area contributed by atoms with E-state index in [1.807, 2.05) is 36.4 Å². The van der Waals surface area contributed by atoms with Gasteiger partial charge in [-0.2, -0.15) is 0 Å². The second-order valence-electron chi connectivity index (χ2n) is 5.97. The Hall–Kier alpha value is -3.09. The van der Waals surface area contributed by atoms with Gasteiger partial charge in [-0.05, 0) is 47.9 Å². The predicted octanol–water partition coefficient (Wildman–Crippen LogP) is 2.34. The molecule has 2 aromatic carbocycles. The molecule has 0 spiro atoms. The predicted molar refractivity (Wildman–Crippen MR) is 104 cm³/mol. The lowest BCUT2D eigenvalue weighted by Crippen LogP contribution is -2.37. The number of rotatable bonds is 7. The average Bonchev–Trinajstić information content (AvgIpc) is 3.18. The minimum atomic E-state index is 0.281. The molecule has 7 heteroatoms. The quantitative estimate of drug-likeness (QED) is 0.575. The number of guanidine groups is 1. The summed E-state index contributed by atoms with van der Waals surface area (Å²) in [5.74, 6) is 3.96. The maximum absolute atomic E-state index is 5.42. The fraction of sp³-hybridized carbons (Fsp3) is 0.350. The van der Waals surface area contributed by atoms with Gasteiger partial charge in [-0.1, -0.05) is 6.07 Å². The molecule has 144 valence electrons. The topological polar surface area (TPSA) is 73.3 Å². The molecule has 2 aromatic rings. The summed E-state index contributed by atoms with van der Waals surface area (Å²) >= 11 is 0. The number of hydrogen-bond acceptors (Lipinski definition) is 5. The SMILES string of the molecule is CN=C(NCCc1cc(OC)ccc1OC)NCc1ccc2c(c1)OCO2. The van der Waals surface area contributed by atoms with E-state index in [4.69, 9.17) is 18.9 Å². The first-order chi connectivity index (χ1) is 13.2. The highest BCUT2D eigenvalue weighted by Gasteiger charge is 2.13. The van der Waals surface area contributed by atoms with Crippen molar-refractivity contribution in [3.05, 3.63) is 47.5 Å². The molecule has 3 rings (SSSR count). The Morgan fingerprint density at radius 1 is 1.04 bits per heavy atom. The van der Waals surface area contributed by atoms with Gasteiger partial charge in [0, 0.05) is 20.1 Å². The molecule has 0 fully saturated rings. The van der Waals surface area contributed by atoms with E-state index in [2.05, 4.69) is 15.6 Å². The molecule has 1 aliphatic heterocycles.